The van der Waals surface area contributed by atoms with E-state index >= 15 is 0 Å². The first kappa shape index (κ1) is 20.7. The van der Waals surface area contributed by atoms with Crippen LogP contribution in [0.1, 0.15) is 29.1 Å². The Bertz CT molecular complexity index is 1190. The van der Waals surface area contributed by atoms with Crippen molar-refractivity contribution >= 4 is 33.9 Å². The fourth-order valence-electron chi connectivity index (χ4n) is 3.44. The summed E-state index contributed by atoms with van der Waals surface area (Å²) in [4.78, 5) is 27.0. The fourth-order valence-corrected chi connectivity index (χ4v) is 4.15. The Morgan fingerprint density at radius 2 is 1.87 bits per heavy atom. The highest BCUT2D eigenvalue weighted by molar-refractivity contribution is 7.15. The third kappa shape index (κ3) is 3.68. The van der Waals surface area contributed by atoms with Gasteiger partial charge < -0.3 is 9.84 Å². The number of ketones is 1. The van der Waals surface area contributed by atoms with Gasteiger partial charge in [-0.2, -0.15) is 0 Å². The van der Waals surface area contributed by atoms with E-state index in [-0.39, 0.29) is 16.3 Å². The number of aliphatic hydroxyl groups excluding tert-OH is 1. The van der Waals surface area contributed by atoms with Crippen molar-refractivity contribution in [1.29, 1.82) is 0 Å². The number of rotatable bonds is 5. The van der Waals surface area contributed by atoms with Crippen LogP contribution in [-0.2, 0) is 9.59 Å². The van der Waals surface area contributed by atoms with E-state index in [1.807, 2.05) is 6.92 Å². The zero-order valence-electron chi connectivity index (χ0n) is 16.7. The van der Waals surface area contributed by atoms with Crippen LogP contribution in [0.3, 0.4) is 0 Å². The molecule has 0 saturated carbocycles. The number of aryl methyl sites for hydroxylation is 1. The standard InChI is InChI=1S/C22H18FN3O4S/c1-3-30-14-10-8-13(9-11-14)19(27)17-18(15-6-4-5-7-16(15)23)26(21(29)20(17)28)22-25-24-12(2)31-22/h4-11,18,27H,3H2,1-2H3. The number of ether oxygens (including phenoxy) is 1. The Morgan fingerprint density at radius 3 is 2.48 bits per heavy atom. The van der Waals surface area contributed by atoms with E-state index in [2.05, 4.69) is 10.2 Å². The van der Waals surface area contributed by atoms with Crippen molar-refractivity contribution in [3.8, 4) is 5.75 Å². The van der Waals surface area contributed by atoms with Gasteiger partial charge in [-0.05, 0) is 44.2 Å². The summed E-state index contributed by atoms with van der Waals surface area (Å²) in [7, 11) is 0. The van der Waals surface area contributed by atoms with Crippen LogP contribution in [0.25, 0.3) is 5.76 Å². The fraction of sp³-hybridized carbons (Fsp3) is 0.182. The summed E-state index contributed by atoms with van der Waals surface area (Å²) in [5.41, 5.74) is 0.158. The topological polar surface area (TPSA) is 92.6 Å². The van der Waals surface area contributed by atoms with Crippen LogP contribution in [0.2, 0.25) is 0 Å². The van der Waals surface area contributed by atoms with Crippen molar-refractivity contribution in [2.24, 2.45) is 0 Å². The van der Waals surface area contributed by atoms with Crippen LogP contribution in [0.15, 0.2) is 54.1 Å². The van der Waals surface area contributed by atoms with Crippen LogP contribution in [-0.4, -0.2) is 33.6 Å². The molecule has 1 atom stereocenters. The minimum atomic E-state index is -1.18. The highest BCUT2D eigenvalue weighted by atomic mass is 32.1. The molecule has 0 aliphatic carbocycles. The van der Waals surface area contributed by atoms with Gasteiger partial charge in [0.1, 0.15) is 28.4 Å². The lowest BCUT2D eigenvalue weighted by molar-refractivity contribution is -0.132. The molecule has 0 spiro atoms. The van der Waals surface area contributed by atoms with Crippen LogP contribution in [0.4, 0.5) is 9.52 Å². The first-order valence-corrected chi connectivity index (χ1v) is 10.3. The Hall–Kier alpha value is -3.59. The molecule has 1 unspecified atom stereocenters. The molecule has 1 saturated heterocycles. The van der Waals surface area contributed by atoms with Crippen molar-refractivity contribution in [1.82, 2.24) is 10.2 Å². The zero-order valence-corrected chi connectivity index (χ0v) is 17.5. The third-order valence-electron chi connectivity index (χ3n) is 4.80. The number of nitrogens with zero attached hydrogens (tertiary/aromatic N) is 3. The normalized spacial score (nSPS) is 17.9. The minimum Gasteiger partial charge on any atom is -0.507 e. The average molecular weight is 439 g/mol. The summed E-state index contributed by atoms with van der Waals surface area (Å²) in [6.07, 6.45) is 0. The van der Waals surface area contributed by atoms with E-state index in [0.717, 1.165) is 16.2 Å². The number of anilines is 1. The molecule has 1 aromatic heterocycles. The average Bonchev–Trinajstić information content (AvgIpc) is 3.29. The lowest BCUT2D eigenvalue weighted by Crippen LogP contribution is -2.29. The van der Waals surface area contributed by atoms with Crippen molar-refractivity contribution in [3.63, 3.8) is 0 Å². The van der Waals surface area contributed by atoms with E-state index < -0.39 is 29.3 Å². The van der Waals surface area contributed by atoms with E-state index in [4.69, 9.17) is 4.74 Å². The maximum atomic E-state index is 14.8. The predicted octanol–water partition coefficient (Wildman–Crippen LogP) is 4.01. The van der Waals surface area contributed by atoms with Gasteiger partial charge >= 0.3 is 5.91 Å². The lowest BCUT2D eigenvalue weighted by atomic mass is 9.95. The number of carbonyl (C=O) groups excluding carboxylic acids is 2. The molecule has 1 fully saturated rings. The molecule has 7 nitrogen and oxygen atoms in total. The largest absolute Gasteiger partial charge is 0.507 e. The first-order chi connectivity index (χ1) is 14.9. The SMILES string of the molecule is CCOc1ccc(C(O)=C2C(=O)C(=O)N(c3nnc(C)s3)C2c2ccccc2F)cc1. The molecule has 2 aromatic carbocycles. The number of aromatic nitrogens is 2. The molecule has 0 radical (unpaired) electrons. The van der Waals surface area contributed by atoms with E-state index in [1.54, 1.807) is 37.3 Å². The van der Waals surface area contributed by atoms with Gasteiger partial charge in [-0.25, -0.2) is 4.39 Å². The molecule has 1 aliphatic rings. The van der Waals surface area contributed by atoms with Crippen LogP contribution in [0, 0.1) is 12.7 Å². The monoisotopic (exact) mass is 439 g/mol. The van der Waals surface area contributed by atoms with Crippen molar-refractivity contribution in [2.75, 3.05) is 11.5 Å². The second kappa shape index (κ2) is 8.27. The van der Waals surface area contributed by atoms with Gasteiger partial charge in [0.25, 0.3) is 5.78 Å². The molecular weight excluding hydrogens is 421 g/mol. The summed E-state index contributed by atoms with van der Waals surface area (Å²) in [6.45, 7) is 4.03. The highest BCUT2D eigenvalue weighted by Crippen LogP contribution is 2.43. The maximum Gasteiger partial charge on any atom is 0.301 e. The van der Waals surface area contributed by atoms with E-state index in [9.17, 15) is 19.1 Å². The molecule has 1 N–H and O–H groups in total. The van der Waals surface area contributed by atoms with Gasteiger partial charge in [0.15, 0.2) is 0 Å². The van der Waals surface area contributed by atoms with Crippen molar-refractivity contribution in [2.45, 2.75) is 19.9 Å². The van der Waals surface area contributed by atoms with Crippen molar-refractivity contribution in [3.05, 3.63) is 76.1 Å². The van der Waals surface area contributed by atoms with Crippen molar-refractivity contribution < 1.29 is 23.8 Å². The third-order valence-corrected chi connectivity index (χ3v) is 5.64. The summed E-state index contributed by atoms with van der Waals surface area (Å²) in [5, 5.41) is 19.6. The number of amides is 1. The Labute approximate surface area is 181 Å². The molecule has 1 aliphatic heterocycles. The summed E-state index contributed by atoms with van der Waals surface area (Å²) < 4.78 is 20.2. The summed E-state index contributed by atoms with van der Waals surface area (Å²) in [6, 6.07) is 11.0. The number of halogens is 1. The smallest absolute Gasteiger partial charge is 0.301 e. The Balaban J connectivity index is 1.90. The van der Waals surface area contributed by atoms with E-state index in [1.165, 1.54) is 18.2 Å². The molecule has 2 heterocycles. The van der Waals surface area contributed by atoms with Gasteiger partial charge in [0, 0.05) is 11.1 Å². The van der Waals surface area contributed by atoms with Crippen LogP contribution in [0.5, 0.6) is 5.75 Å². The Morgan fingerprint density at radius 1 is 1.16 bits per heavy atom. The van der Waals surface area contributed by atoms with Gasteiger partial charge in [0.2, 0.25) is 5.13 Å². The zero-order chi connectivity index (χ0) is 22.1. The number of hydrogen-bond acceptors (Lipinski definition) is 7. The number of benzene rings is 2. The minimum absolute atomic E-state index is 0.0713. The molecule has 9 heteroatoms. The summed E-state index contributed by atoms with van der Waals surface area (Å²) >= 11 is 1.10. The molecule has 3 aromatic rings. The molecule has 4 rings (SSSR count). The molecule has 31 heavy (non-hydrogen) atoms. The second-order valence-corrected chi connectivity index (χ2v) is 7.91. The maximum absolute atomic E-state index is 14.8. The van der Waals surface area contributed by atoms with Gasteiger partial charge in [-0.15, -0.1) is 10.2 Å². The van der Waals surface area contributed by atoms with Gasteiger partial charge in [-0.3, -0.25) is 14.5 Å². The quantitative estimate of drug-likeness (QED) is 0.367. The van der Waals surface area contributed by atoms with E-state index in [0.29, 0.717) is 22.9 Å². The first-order valence-electron chi connectivity index (χ1n) is 9.51. The number of carbonyl (C=O) groups is 2. The highest BCUT2D eigenvalue weighted by Gasteiger charge is 2.49. The molecular formula is C22H18FN3O4S. The second-order valence-electron chi connectivity index (χ2n) is 6.75. The lowest BCUT2D eigenvalue weighted by Gasteiger charge is -2.22. The molecule has 158 valence electrons. The summed E-state index contributed by atoms with van der Waals surface area (Å²) in [5.74, 6) is -2.25. The molecule has 1 amide bonds. The van der Waals surface area contributed by atoms with Gasteiger partial charge in [-0.1, -0.05) is 29.5 Å². The Kier molecular flexibility index (Phi) is 5.51. The number of hydrogen-bond donors (Lipinski definition) is 1. The van der Waals surface area contributed by atoms with Crippen LogP contribution >= 0.6 is 11.3 Å². The predicted molar refractivity (Wildman–Crippen MR) is 113 cm³/mol. The number of aliphatic hydroxyl groups is 1. The number of Topliss-reactive ketones (excluding diaryl/α,β-unsaturated/α-hetero) is 1. The molecule has 0 bridgehead atoms. The van der Waals surface area contributed by atoms with Crippen LogP contribution < -0.4 is 9.64 Å². The van der Waals surface area contributed by atoms with Gasteiger partial charge in [0.05, 0.1) is 12.2 Å².